The summed E-state index contributed by atoms with van der Waals surface area (Å²) in [5, 5.41) is 5.40. The molecule has 2 aromatic heterocycles. The Morgan fingerprint density at radius 3 is 2.55 bits per heavy atom. The van der Waals surface area contributed by atoms with Gasteiger partial charge in [0.05, 0.1) is 5.69 Å². The molecule has 4 rings (SSSR count). The van der Waals surface area contributed by atoms with E-state index in [1.165, 1.54) is 12.7 Å². The van der Waals surface area contributed by atoms with E-state index in [0.717, 1.165) is 36.7 Å². The maximum atomic E-state index is 13.3. The molecule has 0 bridgehead atoms. The zero-order chi connectivity index (χ0) is 23.5. The van der Waals surface area contributed by atoms with E-state index in [0.29, 0.717) is 17.8 Å². The number of hydrogen-bond acceptors (Lipinski definition) is 4. The molecule has 3 aromatic rings. The fourth-order valence-electron chi connectivity index (χ4n) is 4.19. The lowest BCUT2D eigenvalue weighted by Crippen LogP contribution is -2.46. The molecular formula is C25H30N6O2. The van der Waals surface area contributed by atoms with Gasteiger partial charge >= 0.3 is 0 Å². The monoisotopic (exact) mass is 446 g/mol. The quantitative estimate of drug-likeness (QED) is 0.546. The van der Waals surface area contributed by atoms with Crippen LogP contribution in [-0.4, -0.2) is 50.5 Å². The summed E-state index contributed by atoms with van der Waals surface area (Å²) < 4.78 is 4.23. The highest BCUT2D eigenvalue weighted by Crippen LogP contribution is 2.27. The molecular weight excluding hydrogens is 416 g/mol. The molecule has 2 N–H and O–H groups in total. The molecule has 1 aliphatic heterocycles. The van der Waals surface area contributed by atoms with E-state index in [1.54, 1.807) is 6.92 Å². The first-order valence-corrected chi connectivity index (χ1v) is 11.0. The van der Waals surface area contributed by atoms with E-state index >= 15 is 0 Å². The summed E-state index contributed by atoms with van der Waals surface area (Å²) in [6, 6.07) is 13.2. The number of nitrogens with zero attached hydrogens (tertiary/aromatic N) is 4. The molecule has 0 saturated heterocycles. The average Bonchev–Trinajstić information content (AvgIpc) is 3.40. The number of carbonyl (C=O) groups is 2. The molecule has 3 heterocycles. The van der Waals surface area contributed by atoms with Crippen LogP contribution < -0.4 is 10.6 Å². The van der Waals surface area contributed by atoms with Crippen molar-refractivity contribution in [1.82, 2.24) is 29.7 Å². The van der Waals surface area contributed by atoms with Crippen molar-refractivity contribution in [3.05, 3.63) is 77.9 Å². The van der Waals surface area contributed by atoms with Crippen LogP contribution in [0.25, 0.3) is 11.4 Å². The number of nitrogens with one attached hydrogen (secondary N) is 2. The SMILES string of the molecule is C=C(C)[C@H](NC(=O)c1nc(-c2ccccc2)n2c1CN(Cc1cccn1C)CC2)C(=O)NC. The minimum Gasteiger partial charge on any atom is -0.357 e. The van der Waals surface area contributed by atoms with E-state index in [4.69, 9.17) is 4.98 Å². The van der Waals surface area contributed by atoms with Crippen LogP contribution >= 0.6 is 0 Å². The van der Waals surface area contributed by atoms with E-state index < -0.39 is 6.04 Å². The number of benzene rings is 1. The van der Waals surface area contributed by atoms with E-state index in [2.05, 4.69) is 37.3 Å². The third kappa shape index (κ3) is 4.61. The molecule has 1 atom stereocenters. The second-order valence-corrected chi connectivity index (χ2v) is 8.44. The van der Waals surface area contributed by atoms with Crippen LogP contribution in [0.3, 0.4) is 0 Å². The van der Waals surface area contributed by atoms with Crippen molar-refractivity contribution in [2.45, 2.75) is 32.6 Å². The van der Waals surface area contributed by atoms with Crippen molar-refractivity contribution >= 4 is 11.8 Å². The first-order valence-electron chi connectivity index (χ1n) is 11.0. The van der Waals surface area contributed by atoms with Crippen LogP contribution in [0, 0.1) is 0 Å². The van der Waals surface area contributed by atoms with Crippen molar-refractivity contribution in [2.24, 2.45) is 7.05 Å². The van der Waals surface area contributed by atoms with E-state index in [1.807, 2.05) is 49.6 Å². The molecule has 0 radical (unpaired) electrons. The van der Waals surface area contributed by atoms with Crippen LogP contribution in [0.4, 0.5) is 0 Å². The standard InChI is InChI=1S/C25H30N6O2/c1-17(2)21(24(32)26-3)28-25(33)22-20-16-30(15-19-11-8-12-29(19)4)13-14-31(20)23(27-22)18-9-6-5-7-10-18/h5-12,21H,1,13-16H2,2-4H3,(H,26,32)(H,28,33)/t21-/m0/s1. The molecule has 0 unspecified atom stereocenters. The third-order valence-corrected chi connectivity index (χ3v) is 6.05. The normalized spacial score (nSPS) is 14.4. The van der Waals surface area contributed by atoms with Gasteiger partial charge in [0, 0.05) is 57.7 Å². The first-order chi connectivity index (χ1) is 15.9. The van der Waals surface area contributed by atoms with Crippen LogP contribution in [-0.2, 0) is 31.5 Å². The van der Waals surface area contributed by atoms with Gasteiger partial charge in [0.15, 0.2) is 5.69 Å². The number of aryl methyl sites for hydroxylation is 1. The number of aromatic nitrogens is 3. The summed E-state index contributed by atoms with van der Waals surface area (Å²) in [4.78, 5) is 32.7. The van der Waals surface area contributed by atoms with Crippen LogP contribution in [0.5, 0.6) is 0 Å². The Kier molecular flexibility index (Phi) is 6.46. The van der Waals surface area contributed by atoms with Crippen LogP contribution in [0.15, 0.2) is 60.8 Å². The molecule has 172 valence electrons. The molecule has 0 fully saturated rings. The minimum absolute atomic E-state index is 0.308. The second kappa shape index (κ2) is 9.46. The highest BCUT2D eigenvalue weighted by Gasteiger charge is 2.30. The molecule has 0 spiro atoms. The summed E-state index contributed by atoms with van der Waals surface area (Å²) >= 11 is 0. The van der Waals surface area contributed by atoms with Gasteiger partial charge < -0.3 is 19.8 Å². The van der Waals surface area contributed by atoms with E-state index in [-0.39, 0.29) is 11.8 Å². The highest BCUT2D eigenvalue weighted by atomic mass is 16.2. The second-order valence-electron chi connectivity index (χ2n) is 8.44. The van der Waals surface area contributed by atoms with Crippen molar-refractivity contribution in [3.8, 4) is 11.4 Å². The fraction of sp³-hybridized carbons (Fsp3) is 0.320. The smallest absolute Gasteiger partial charge is 0.272 e. The Morgan fingerprint density at radius 2 is 1.91 bits per heavy atom. The number of likely N-dealkylation sites (N-methyl/N-ethyl adjacent to an activating group) is 1. The minimum atomic E-state index is -0.817. The number of imidazole rings is 1. The molecule has 8 heteroatoms. The molecule has 2 amide bonds. The van der Waals surface area contributed by atoms with Gasteiger partial charge in [0.1, 0.15) is 11.9 Å². The molecule has 0 saturated carbocycles. The van der Waals surface area contributed by atoms with Gasteiger partial charge in [-0.1, -0.05) is 36.9 Å². The lowest BCUT2D eigenvalue weighted by Gasteiger charge is -2.29. The number of amides is 2. The zero-order valence-corrected chi connectivity index (χ0v) is 19.3. The highest BCUT2D eigenvalue weighted by molar-refractivity contribution is 5.98. The topological polar surface area (TPSA) is 84.2 Å². The lowest BCUT2D eigenvalue weighted by atomic mass is 10.1. The number of rotatable bonds is 7. The lowest BCUT2D eigenvalue weighted by molar-refractivity contribution is -0.121. The average molecular weight is 447 g/mol. The molecule has 1 aliphatic rings. The molecule has 0 aliphatic carbocycles. The van der Waals surface area contributed by atoms with Gasteiger partial charge in [-0.15, -0.1) is 0 Å². The van der Waals surface area contributed by atoms with Gasteiger partial charge in [0.25, 0.3) is 5.91 Å². The number of fused-ring (bicyclic) bond motifs is 1. The first kappa shape index (κ1) is 22.5. The summed E-state index contributed by atoms with van der Waals surface area (Å²) in [7, 11) is 3.57. The van der Waals surface area contributed by atoms with Crippen molar-refractivity contribution < 1.29 is 9.59 Å². The fourth-order valence-corrected chi connectivity index (χ4v) is 4.19. The van der Waals surface area contributed by atoms with Crippen LogP contribution in [0.2, 0.25) is 0 Å². The largest absolute Gasteiger partial charge is 0.357 e. The zero-order valence-electron chi connectivity index (χ0n) is 19.3. The predicted molar refractivity (Wildman–Crippen MR) is 127 cm³/mol. The van der Waals surface area contributed by atoms with Gasteiger partial charge in [-0.25, -0.2) is 4.98 Å². The van der Waals surface area contributed by atoms with Crippen molar-refractivity contribution in [2.75, 3.05) is 13.6 Å². The molecule has 33 heavy (non-hydrogen) atoms. The summed E-state index contributed by atoms with van der Waals surface area (Å²) in [6.07, 6.45) is 2.03. The Morgan fingerprint density at radius 1 is 1.15 bits per heavy atom. The van der Waals surface area contributed by atoms with Gasteiger partial charge in [-0.2, -0.15) is 0 Å². The predicted octanol–water partition coefficient (Wildman–Crippen LogP) is 2.32. The summed E-state index contributed by atoms with van der Waals surface area (Å²) in [5.74, 6) is 0.0804. The number of carbonyl (C=O) groups excluding carboxylic acids is 2. The van der Waals surface area contributed by atoms with Crippen LogP contribution in [0.1, 0.15) is 28.8 Å². The Balaban J connectivity index is 1.68. The van der Waals surface area contributed by atoms with Crippen molar-refractivity contribution in [3.63, 3.8) is 0 Å². The molecule has 1 aromatic carbocycles. The van der Waals surface area contributed by atoms with Gasteiger partial charge in [-0.05, 0) is 24.6 Å². The Hall–Kier alpha value is -3.65. The maximum absolute atomic E-state index is 13.3. The summed E-state index contributed by atoms with van der Waals surface area (Å²) in [6.45, 7) is 8.53. The third-order valence-electron chi connectivity index (χ3n) is 6.05. The van der Waals surface area contributed by atoms with Crippen molar-refractivity contribution in [1.29, 1.82) is 0 Å². The molecule has 8 nitrogen and oxygen atoms in total. The Labute approximate surface area is 193 Å². The summed E-state index contributed by atoms with van der Waals surface area (Å²) in [5.41, 5.74) is 3.92. The maximum Gasteiger partial charge on any atom is 0.272 e. The Bertz CT molecular complexity index is 1180. The van der Waals surface area contributed by atoms with Gasteiger partial charge in [0.2, 0.25) is 5.91 Å². The van der Waals surface area contributed by atoms with Gasteiger partial charge in [-0.3, -0.25) is 14.5 Å². The number of hydrogen-bond donors (Lipinski definition) is 2. The van der Waals surface area contributed by atoms with E-state index in [9.17, 15) is 9.59 Å².